The van der Waals surface area contributed by atoms with E-state index in [0.717, 1.165) is 26.2 Å². The lowest BCUT2D eigenvalue weighted by molar-refractivity contribution is 0.614. The van der Waals surface area contributed by atoms with E-state index >= 15 is 0 Å². The van der Waals surface area contributed by atoms with Crippen molar-refractivity contribution < 1.29 is 0 Å². The van der Waals surface area contributed by atoms with Gasteiger partial charge in [-0.15, -0.1) is 0 Å². The molecule has 11 heavy (non-hydrogen) atoms. The summed E-state index contributed by atoms with van der Waals surface area (Å²) in [5.41, 5.74) is 5.30. The zero-order valence-corrected chi connectivity index (χ0v) is 8.03. The lowest BCUT2D eigenvalue weighted by Crippen LogP contribution is -2.32. The fourth-order valence-corrected chi connectivity index (χ4v) is 0.844. The quantitative estimate of drug-likeness (QED) is 0.311. The molecule has 0 rings (SSSR count). The average molecular weight is 177 g/mol. The van der Waals surface area contributed by atoms with Crippen molar-refractivity contribution in [2.45, 2.75) is 12.2 Å². The monoisotopic (exact) mass is 177 g/mol. The van der Waals surface area contributed by atoms with Gasteiger partial charge in [-0.3, -0.25) is 0 Å². The molecule has 0 radical (unpaired) electrons. The molecule has 0 aliphatic heterocycles. The summed E-state index contributed by atoms with van der Waals surface area (Å²) in [6.45, 7) is 6.63. The molecule has 3 nitrogen and oxygen atoms in total. The molecule has 4 heteroatoms. The van der Waals surface area contributed by atoms with Gasteiger partial charge >= 0.3 is 0 Å². The van der Waals surface area contributed by atoms with Crippen molar-refractivity contribution in [1.82, 2.24) is 10.6 Å². The van der Waals surface area contributed by atoms with Crippen LogP contribution in [-0.2, 0) is 0 Å². The molecule has 0 saturated carbocycles. The molecule has 0 aromatic carbocycles. The molecule has 0 amide bonds. The number of thiol groups is 1. The minimum atomic E-state index is 0.435. The minimum Gasteiger partial charge on any atom is -0.329 e. The Morgan fingerprint density at radius 3 is 2.45 bits per heavy atom. The van der Waals surface area contributed by atoms with E-state index in [1.54, 1.807) is 0 Å². The number of rotatable bonds is 7. The van der Waals surface area contributed by atoms with Gasteiger partial charge < -0.3 is 16.4 Å². The third-order valence-corrected chi connectivity index (χ3v) is 1.42. The van der Waals surface area contributed by atoms with E-state index in [1.807, 2.05) is 0 Å². The molecule has 4 N–H and O–H groups in total. The molecule has 0 aromatic rings. The Morgan fingerprint density at radius 2 is 1.91 bits per heavy atom. The second-order valence-electron chi connectivity index (χ2n) is 2.59. The molecule has 68 valence electrons. The highest BCUT2D eigenvalue weighted by Crippen LogP contribution is 1.86. The van der Waals surface area contributed by atoms with Crippen LogP contribution in [-0.4, -0.2) is 38.0 Å². The highest BCUT2D eigenvalue weighted by Gasteiger charge is 1.91. The van der Waals surface area contributed by atoms with Gasteiger partial charge in [-0.05, 0) is 0 Å². The van der Waals surface area contributed by atoms with Crippen LogP contribution in [0.1, 0.15) is 6.92 Å². The Hall–Kier alpha value is 0.230. The van der Waals surface area contributed by atoms with Gasteiger partial charge in [-0.2, -0.15) is 12.6 Å². The number of hydrogen-bond donors (Lipinski definition) is 4. The highest BCUT2D eigenvalue weighted by atomic mass is 32.1. The molecule has 0 saturated heterocycles. The summed E-state index contributed by atoms with van der Waals surface area (Å²) in [4.78, 5) is 0. The van der Waals surface area contributed by atoms with E-state index in [4.69, 9.17) is 5.73 Å². The van der Waals surface area contributed by atoms with Crippen molar-refractivity contribution in [1.29, 1.82) is 0 Å². The van der Waals surface area contributed by atoms with Gasteiger partial charge in [-0.1, -0.05) is 6.92 Å². The largest absolute Gasteiger partial charge is 0.329 e. The zero-order chi connectivity index (χ0) is 8.53. The zero-order valence-electron chi connectivity index (χ0n) is 7.14. The standard InChI is InChI=1S/C7H19N3S/c1-7(11)6-10-5-4-9-3-2-8/h7,9-11H,2-6,8H2,1H3. The summed E-state index contributed by atoms with van der Waals surface area (Å²) in [6, 6.07) is 0. The van der Waals surface area contributed by atoms with Crippen molar-refractivity contribution in [3.05, 3.63) is 0 Å². The van der Waals surface area contributed by atoms with E-state index in [0.29, 0.717) is 11.8 Å². The second kappa shape index (κ2) is 8.33. The summed E-state index contributed by atoms with van der Waals surface area (Å²) in [5, 5.41) is 6.90. The summed E-state index contributed by atoms with van der Waals surface area (Å²) in [5.74, 6) is 0. The predicted octanol–water partition coefficient (Wildman–Crippen LogP) is -0.557. The van der Waals surface area contributed by atoms with Crippen LogP contribution in [0.2, 0.25) is 0 Å². The summed E-state index contributed by atoms with van der Waals surface area (Å²) in [7, 11) is 0. The van der Waals surface area contributed by atoms with Crippen molar-refractivity contribution in [3.8, 4) is 0 Å². The predicted molar refractivity (Wildman–Crippen MR) is 53.2 cm³/mol. The maximum atomic E-state index is 5.30. The Balaban J connectivity index is 2.80. The van der Waals surface area contributed by atoms with Crippen LogP contribution in [0.5, 0.6) is 0 Å². The van der Waals surface area contributed by atoms with Gasteiger partial charge in [0, 0.05) is 38.0 Å². The topological polar surface area (TPSA) is 50.1 Å². The molecule has 0 aromatic heterocycles. The molecule has 0 aliphatic rings. The first-order chi connectivity index (χ1) is 5.27. The van der Waals surface area contributed by atoms with Crippen LogP contribution >= 0.6 is 12.6 Å². The van der Waals surface area contributed by atoms with Crippen LogP contribution in [0.25, 0.3) is 0 Å². The molecular weight excluding hydrogens is 158 g/mol. The van der Waals surface area contributed by atoms with Gasteiger partial charge in [0.15, 0.2) is 0 Å². The molecule has 0 fully saturated rings. The van der Waals surface area contributed by atoms with E-state index in [9.17, 15) is 0 Å². The normalized spacial score (nSPS) is 13.4. The fraction of sp³-hybridized carbons (Fsp3) is 1.00. The molecule has 0 spiro atoms. The SMILES string of the molecule is CC(S)CNCCNCCN. The van der Waals surface area contributed by atoms with Gasteiger partial charge in [0.2, 0.25) is 0 Å². The van der Waals surface area contributed by atoms with Crippen LogP contribution in [0, 0.1) is 0 Å². The Labute approximate surface area is 74.5 Å². The van der Waals surface area contributed by atoms with Crippen LogP contribution in [0.4, 0.5) is 0 Å². The van der Waals surface area contributed by atoms with Gasteiger partial charge in [0.1, 0.15) is 0 Å². The van der Waals surface area contributed by atoms with Gasteiger partial charge in [0.25, 0.3) is 0 Å². The van der Waals surface area contributed by atoms with Gasteiger partial charge in [-0.25, -0.2) is 0 Å². The fourth-order valence-electron chi connectivity index (χ4n) is 0.715. The molecule has 1 unspecified atom stereocenters. The van der Waals surface area contributed by atoms with Crippen LogP contribution in [0.3, 0.4) is 0 Å². The van der Waals surface area contributed by atoms with Crippen LogP contribution < -0.4 is 16.4 Å². The maximum absolute atomic E-state index is 5.30. The third kappa shape index (κ3) is 10.2. The van der Waals surface area contributed by atoms with E-state index < -0.39 is 0 Å². The third-order valence-electron chi connectivity index (χ3n) is 1.24. The number of nitrogens with one attached hydrogen (secondary N) is 2. The maximum Gasteiger partial charge on any atom is 0.0113 e. The Bertz CT molecular complexity index is 78.1. The van der Waals surface area contributed by atoms with Crippen molar-refractivity contribution in [2.24, 2.45) is 5.73 Å². The summed E-state index contributed by atoms with van der Waals surface area (Å²) < 4.78 is 0. The Kier molecular flexibility index (Phi) is 8.50. The number of nitrogens with two attached hydrogens (primary N) is 1. The first kappa shape index (κ1) is 11.2. The van der Waals surface area contributed by atoms with Crippen molar-refractivity contribution >= 4 is 12.6 Å². The number of hydrogen-bond acceptors (Lipinski definition) is 4. The minimum absolute atomic E-state index is 0.435. The van der Waals surface area contributed by atoms with Gasteiger partial charge in [0.05, 0.1) is 0 Å². The van der Waals surface area contributed by atoms with Crippen molar-refractivity contribution in [3.63, 3.8) is 0 Å². The molecule has 1 atom stereocenters. The van der Waals surface area contributed by atoms with Crippen molar-refractivity contribution in [2.75, 3.05) is 32.7 Å². The Morgan fingerprint density at radius 1 is 1.27 bits per heavy atom. The smallest absolute Gasteiger partial charge is 0.0113 e. The first-order valence-corrected chi connectivity index (χ1v) is 4.58. The molecule has 0 bridgehead atoms. The molecular formula is C7H19N3S. The van der Waals surface area contributed by atoms with E-state index in [1.165, 1.54) is 0 Å². The van der Waals surface area contributed by atoms with Crippen LogP contribution in [0.15, 0.2) is 0 Å². The lowest BCUT2D eigenvalue weighted by atomic mass is 10.4. The molecule has 0 heterocycles. The van der Waals surface area contributed by atoms with E-state index in [-0.39, 0.29) is 0 Å². The highest BCUT2D eigenvalue weighted by molar-refractivity contribution is 7.80. The first-order valence-electron chi connectivity index (χ1n) is 4.07. The lowest BCUT2D eigenvalue weighted by Gasteiger charge is -2.06. The average Bonchev–Trinajstić information content (AvgIpc) is 1.96. The summed E-state index contributed by atoms with van der Waals surface area (Å²) in [6.07, 6.45) is 0. The summed E-state index contributed by atoms with van der Waals surface area (Å²) >= 11 is 4.24. The molecule has 0 aliphatic carbocycles. The second-order valence-corrected chi connectivity index (χ2v) is 3.47. The van der Waals surface area contributed by atoms with E-state index in [2.05, 4.69) is 30.2 Å².